The number of amides is 1. The molecule has 0 saturated heterocycles. The topological polar surface area (TPSA) is 73.6 Å². The van der Waals surface area contributed by atoms with Crippen LogP contribution in [0.25, 0.3) is 0 Å². The number of nitrogen functional groups attached to an aromatic ring is 1. The maximum absolute atomic E-state index is 11.7. The monoisotopic (exact) mass is 432 g/mol. The number of hydrogen-bond donors (Lipinski definition) is 2. The number of hydrogen-bond acceptors (Lipinski definition) is 4. The second-order valence-corrected chi connectivity index (χ2v) is 6.41. The lowest BCUT2D eigenvalue weighted by Crippen LogP contribution is -2.30. The summed E-state index contributed by atoms with van der Waals surface area (Å²) in [6.45, 7) is 2.47. The third kappa shape index (κ3) is 4.54. The van der Waals surface area contributed by atoms with E-state index in [1.807, 2.05) is 6.92 Å². The zero-order valence-corrected chi connectivity index (χ0v) is 15.8. The van der Waals surface area contributed by atoms with Crippen molar-refractivity contribution in [3.8, 4) is 11.5 Å². The molecule has 8 heteroatoms. The number of nitrogens with two attached hydrogens (primary N) is 1. The fraction of sp³-hybridized carbons (Fsp3) is 0.188. The lowest BCUT2D eigenvalue weighted by Gasteiger charge is -2.15. The van der Waals surface area contributed by atoms with Crippen LogP contribution < -0.4 is 20.7 Å². The quantitative estimate of drug-likeness (QED) is 0.403. The van der Waals surface area contributed by atoms with E-state index < -0.39 is 5.91 Å². The van der Waals surface area contributed by atoms with Crippen LogP contribution in [0.2, 0.25) is 10.0 Å². The molecule has 2 aromatic rings. The standard InChI is InChI=1S/C16H15BrCl2N2O3/c1-2-23-14-6-10(16(22)21-20)5-12(17)15(14)24-8-9-3-4-11(18)7-13(9)19/h3-7H,2,8,20H2,1H3,(H,21,22). The van der Waals surface area contributed by atoms with Crippen molar-refractivity contribution in [3.05, 3.63) is 56.0 Å². The Kier molecular flexibility index (Phi) is 6.74. The van der Waals surface area contributed by atoms with Crippen LogP contribution in [0, 0.1) is 0 Å². The molecule has 1 amide bonds. The molecular weight excluding hydrogens is 419 g/mol. The van der Waals surface area contributed by atoms with Crippen LogP contribution in [0.15, 0.2) is 34.8 Å². The molecule has 0 aliphatic heterocycles. The summed E-state index contributed by atoms with van der Waals surface area (Å²) in [5.74, 6) is 5.64. The Morgan fingerprint density at radius 3 is 2.62 bits per heavy atom. The van der Waals surface area contributed by atoms with Gasteiger partial charge in [-0.15, -0.1) is 0 Å². The molecule has 0 atom stereocenters. The number of carbonyl (C=O) groups is 1. The molecule has 2 aromatic carbocycles. The summed E-state index contributed by atoms with van der Waals surface area (Å²) in [4.78, 5) is 11.7. The van der Waals surface area contributed by atoms with E-state index in [-0.39, 0.29) is 6.61 Å². The number of halogens is 3. The largest absolute Gasteiger partial charge is 0.490 e. The zero-order chi connectivity index (χ0) is 17.7. The molecule has 3 N–H and O–H groups in total. The van der Waals surface area contributed by atoms with Crippen molar-refractivity contribution in [1.29, 1.82) is 0 Å². The lowest BCUT2D eigenvalue weighted by molar-refractivity contribution is 0.0953. The van der Waals surface area contributed by atoms with E-state index in [9.17, 15) is 4.79 Å². The summed E-state index contributed by atoms with van der Waals surface area (Å²) in [6, 6.07) is 8.34. The molecule has 0 fully saturated rings. The summed E-state index contributed by atoms with van der Waals surface area (Å²) >= 11 is 15.4. The van der Waals surface area contributed by atoms with Gasteiger partial charge in [-0.1, -0.05) is 29.3 Å². The van der Waals surface area contributed by atoms with Crippen LogP contribution in [-0.2, 0) is 6.61 Å². The summed E-state index contributed by atoms with van der Waals surface area (Å²) in [6.07, 6.45) is 0. The van der Waals surface area contributed by atoms with E-state index in [4.69, 9.17) is 38.5 Å². The van der Waals surface area contributed by atoms with Gasteiger partial charge in [0, 0.05) is 21.2 Å². The van der Waals surface area contributed by atoms with Gasteiger partial charge in [-0.2, -0.15) is 0 Å². The maximum Gasteiger partial charge on any atom is 0.265 e. The molecule has 0 aliphatic carbocycles. The van der Waals surface area contributed by atoms with Crippen LogP contribution in [0.1, 0.15) is 22.8 Å². The van der Waals surface area contributed by atoms with Crippen molar-refractivity contribution in [2.45, 2.75) is 13.5 Å². The second-order valence-electron chi connectivity index (χ2n) is 4.72. The van der Waals surface area contributed by atoms with Gasteiger partial charge in [-0.3, -0.25) is 10.2 Å². The molecule has 24 heavy (non-hydrogen) atoms. The molecule has 0 radical (unpaired) electrons. The highest BCUT2D eigenvalue weighted by molar-refractivity contribution is 9.10. The van der Waals surface area contributed by atoms with Crippen LogP contribution in [-0.4, -0.2) is 12.5 Å². The molecule has 2 rings (SSSR count). The van der Waals surface area contributed by atoms with Gasteiger partial charge in [0.1, 0.15) is 6.61 Å². The first-order chi connectivity index (χ1) is 11.5. The van der Waals surface area contributed by atoms with Gasteiger partial charge in [0.25, 0.3) is 5.91 Å². The minimum atomic E-state index is -0.427. The van der Waals surface area contributed by atoms with Gasteiger partial charge in [-0.25, -0.2) is 5.84 Å². The first kappa shape index (κ1) is 18.9. The smallest absolute Gasteiger partial charge is 0.265 e. The predicted molar refractivity (Wildman–Crippen MR) is 97.8 cm³/mol. The van der Waals surface area contributed by atoms with Crippen molar-refractivity contribution < 1.29 is 14.3 Å². The first-order valence-electron chi connectivity index (χ1n) is 7.00. The summed E-state index contributed by atoms with van der Waals surface area (Å²) < 4.78 is 12.0. The van der Waals surface area contributed by atoms with E-state index in [1.165, 1.54) is 0 Å². The lowest BCUT2D eigenvalue weighted by atomic mass is 10.2. The maximum atomic E-state index is 11.7. The number of ether oxygens (including phenoxy) is 2. The molecule has 0 unspecified atom stereocenters. The highest BCUT2D eigenvalue weighted by atomic mass is 79.9. The highest BCUT2D eigenvalue weighted by Gasteiger charge is 2.16. The van der Waals surface area contributed by atoms with Gasteiger partial charge in [-0.05, 0) is 47.1 Å². The minimum absolute atomic E-state index is 0.219. The van der Waals surface area contributed by atoms with Crippen molar-refractivity contribution in [3.63, 3.8) is 0 Å². The van der Waals surface area contributed by atoms with E-state index >= 15 is 0 Å². The average molecular weight is 434 g/mol. The number of rotatable bonds is 6. The van der Waals surface area contributed by atoms with E-state index in [0.29, 0.717) is 38.2 Å². The Balaban J connectivity index is 2.29. The number of carbonyl (C=O) groups excluding carboxylic acids is 1. The van der Waals surface area contributed by atoms with Crippen molar-refractivity contribution in [2.24, 2.45) is 5.84 Å². The normalized spacial score (nSPS) is 10.4. The van der Waals surface area contributed by atoms with Gasteiger partial charge >= 0.3 is 0 Å². The summed E-state index contributed by atoms with van der Waals surface area (Å²) in [7, 11) is 0. The average Bonchev–Trinajstić information content (AvgIpc) is 2.55. The fourth-order valence-electron chi connectivity index (χ4n) is 1.97. The van der Waals surface area contributed by atoms with Gasteiger partial charge < -0.3 is 9.47 Å². The van der Waals surface area contributed by atoms with Crippen LogP contribution in [0.3, 0.4) is 0 Å². The van der Waals surface area contributed by atoms with Crippen LogP contribution in [0.4, 0.5) is 0 Å². The fourth-order valence-corrected chi connectivity index (χ4v) is 2.99. The molecule has 0 bridgehead atoms. The summed E-state index contributed by atoms with van der Waals surface area (Å²) in [5.41, 5.74) is 3.21. The van der Waals surface area contributed by atoms with Gasteiger partial charge in [0.2, 0.25) is 0 Å². The van der Waals surface area contributed by atoms with Gasteiger partial charge in [0.15, 0.2) is 11.5 Å². The molecule has 0 aliphatic rings. The molecular formula is C16H15BrCl2N2O3. The van der Waals surface area contributed by atoms with E-state index in [2.05, 4.69) is 21.4 Å². The molecule has 0 aromatic heterocycles. The molecule has 0 heterocycles. The molecule has 128 valence electrons. The van der Waals surface area contributed by atoms with Crippen molar-refractivity contribution >= 4 is 45.0 Å². The highest BCUT2D eigenvalue weighted by Crippen LogP contribution is 2.38. The number of nitrogens with one attached hydrogen (secondary N) is 1. The molecule has 0 saturated carbocycles. The second kappa shape index (κ2) is 8.58. The Bertz CT molecular complexity index is 756. The van der Waals surface area contributed by atoms with Crippen molar-refractivity contribution in [2.75, 3.05) is 6.61 Å². The zero-order valence-electron chi connectivity index (χ0n) is 12.7. The SMILES string of the molecule is CCOc1cc(C(=O)NN)cc(Br)c1OCc1ccc(Cl)cc1Cl. The Morgan fingerprint density at radius 2 is 2.00 bits per heavy atom. The van der Waals surface area contributed by atoms with E-state index in [0.717, 1.165) is 5.56 Å². The van der Waals surface area contributed by atoms with Crippen LogP contribution in [0.5, 0.6) is 11.5 Å². The number of benzene rings is 2. The Morgan fingerprint density at radius 1 is 1.25 bits per heavy atom. The third-order valence-electron chi connectivity index (χ3n) is 3.09. The first-order valence-corrected chi connectivity index (χ1v) is 8.55. The Hall–Kier alpha value is -1.47. The van der Waals surface area contributed by atoms with Gasteiger partial charge in [0.05, 0.1) is 11.1 Å². The molecule has 0 spiro atoms. The number of hydrazine groups is 1. The van der Waals surface area contributed by atoms with E-state index in [1.54, 1.807) is 30.3 Å². The molecule has 5 nitrogen and oxygen atoms in total. The Labute approximate surface area is 158 Å². The third-order valence-corrected chi connectivity index (χ3v) is 4.27. The minimum Gasteiger partial charge on any atom is -0.490 e. The summed E-state index contributed by atoms with van der Waals surface area (Å²) in [5, 5.41) is 1.06. The van der Waals surface area contributed by atoms with Crippen LogP contribution >= 0.6 is 39.1 Å². The predicted octanol–water partition coefficient (Wildman–Crippen LogP) is 4.34. The van der Waals surface area contributed by atoms with Crippen molar-refractivity contribution in [1.82, 2.24) is 5.43 Å².